The Morgan fingerprint density at radius 2 is 2.36 bits per heavy atom. The fourth-order valence-corrected chi connectivity index (χ4v) is 1.62. The summed E-state index contributed by atoms with van der Waals surface area (Å²) in [7, 11) is 0. The van der Waals surface area contributed by atoms with Gasteiger partial charge >= 0.3 is 5.97 Å². The van der Waals surface area contributed by atoms with Gasteiger partial charge in [-0.3, -0.25) is 0 Å². The fraction of sp³-hybridized carbons (Fsp3) is 0.111. The molecule has 0 aliphatic heterocycles. The van der Waals surface area contributed by atoms with Crippen LogP contribution in [-0.2, 0) is 0 Å². The molecule has 5 heteroatoms. The fourth-order valence-electron chi connectivity index (χ4n) is 1.22. The largest absolute Gasteiger partial charge is 0.477 e. The summed E-state index contributed by atoms with van der Waals surface area (Å²) in [6, 6.07) is 3.50. The molecule has 14 heavy (non-hydrogen) atoms. The lowest BCUT2D eigenvalue weighted by Gasteiger charge is -1.93. The Labute approximate surface area is 84.4 Å². The van der Waals surface area contributed by atoms with E-state index in [-0.39, 0.29) is 5.69 Å². The second-order valence-electron chi connectivity index (χ2n) is 2.80. The number of carbonyl (C=O) groups is 1. The van der Waals surface area contributed by atoms with Crippen molar-refractivity contribution >= 4 is 28.8 Å². The Morgan fingerprint density at radius 1 is 1.57 bits per heavy atom. The number of aromatic nitrogens is 2. The minimum absolute atomic E-state index is 0.172. The van der Waals surface area contributed by atoms with Crippen LogP contribution in [0.2, 0.25) is 0 Å². The van der Waals surface area contributed by atoms with Crippen molar-refractivity contribution < 1.29 is 9.90 Å². The first-order chi connectivity index (χ1) is 6.70. The highest BCUT2D eigenvalue weighted by atomic mass is 32.2. The predicted molar refractivity (Wildman–Crippen MR) is 54.8 cm³/mol. The molecule has 0 aliphatic carbocycles. The third kappa shape index (κ3) is 1.46. The van der Waals surface area contributed by atoms with Gasteiger partial charge in [-0.05, 0) is 18.4 Å². The summed E-state index contributed by atoms with van der Waals surface area (Å²) in [6.45, 7) is 0. The first-order valence-electron chi connectivity index (χ1n) is 3.97. The van der Waals surface area contributed by atoms with Crippen molar-refractivity contribution in [2.24, 2.45) is 0 Å². The molecule has 0 aliphatic rings. The molecule has 0 amide bonds. The molecule has 2 rings (SSSR count). The molecule has 0 fully saturated rings. The normalized spacial score (nSPS) is 10.6. The molecule has 2 N–H and O–H groups in total. The molecule has 2 heterocycles. The van der Waals surface area contributed by atoms with E-state index < -0.39 is 5.97 Å². The van der Waals surface area contributed by atoms with Crippen LogP contribution in [0.4, 0.5) is 0 Å². The zero-order valence-corrected chi connectivity index (χ0v) is 8.26. The number of rotatable bonds is 2. The van der Waals surface area contributed by atoms with Gasteiger partial charge in [-0.15, -0.1) is 11.8 Å². The van der Waals surface area contributed by atoms with Crippen LogP contribution in [0.5, 0.6) is 0 Å². The highest BCUT2D eigenvalue weighted by molar-refractivity contribution is 7.98. The van der Waals surface area contributed by atoms with Crippen molar-refractivity contribution in [1.29, 1.82) is 0 Å². The average Bonchev–Trinajstić information content (AvgIpc) is 2.59. The Hall–Kier alpha value is -1.49. The smallest absolute Gasteiger partial charge is 0.352 e. The summed E-state index contributed by atoms with van der Waals surface area (Å²) in [4.78, 5) is 18.5. The van der Waals surface area contributed by atoms with E-state index in [1.807, 2.05) is 12.3 Å². The maximum Gasteiger partial charge on any atom is 0.352 e. The van der Waals surface area contributed by atoms with E-state index >= 15 is 0 Å². The molecule has 2 aromatic heterocycles. The summed E-state index contributed by atoms with van der Waals surface area (Å²) < 4.78 is 0. The van der Waals surface area contributed by atoms with E-state index in [2.05, 4.69) is 9.97 Å². The average molecular weight is 208 g/mol. The Balaban J connectivity index is 2.60. The van der Waals surface area contributed by atoms with Gasteiger partial charge in [0.2, 0.25) is 0 Å². The van der Waals surface area contributed by atoms with Crippen molar-refractivity contribution in [3.8, 4) is 0 Å². The number of carboxylic acid groups (broad SMARTS) is 1. The molecule has 72 valence electrons. The number of thioether (sulfide) groups is 1. The van der Waals surface area contributed by atoms with E-state index in [0.717, 1.165) is 10.3 Å². The maximum absolute atomic E-state index is 10.7. The predicted octanol–water partition coefficient (Wildman–Crippen LogP) is 1.98. The van der Waals surface area contributed by atoms with E-state index in [1.165, 1.54) is 0 Å². The quantitative estimate of drug-likeness (QED) is 0.740. The van der Waals surface area contributed by atoms with E-state index in [4.69, 9.17) is 5.11 Å². The van der Waals surface area contributed by atoms with Gasteiger partial charge < -0.3 is 10.1 Å². The highest BCUT2D eigenvalue weighted by Gasteiger charge is 2.07. The van der Waals surface area contributed by atoms with Crippen LogP contribution in [0.25, 0.3) is 11.0 Å². The van der Waals surface area contributed by atoms with Gasteiger partial charge in [0, 0.05) is 16.5 Å². The van der Waals surface area contributed by atoms with Crippen LogP contribution in [0.15, 0.2) is 23.2 Å². The van der Waals surface area contributed by atoms with E-state index in [9.17, 15) is 4.79 Å². The minimum Gasteiger partial charge on any atom is -0.477 e. The maximum atomic E-state index is 10.7. The molecule has 0 aromatic carbocycles. The molecule has 0 saturated carbocycles. The van der Waals surface area contributed by atoms with Crippen molar-refractivity contribution in [1.82, 2.24) is 9.97 Å². The van der Waals surface area contributed by atoms with Gasteiger partial charge in [-0.2, -0.15) is 0 Å². The number of fused-ring (bicyclic) bond motifs is 1. The Kier molecular flexibility index (Phi) is 2.17. The van der Waals surface area contributed by atoms with Crippen LogP contribution < -0.4 is 0 Å². The van der Waals surface area contributed by atoms with Gasteiger partial charge in [0.05, 0.1) is 0 Å². The van der Waals surface area contributed by atoms with Gasteiger partial charge in [0.25, 0.3) is 0 Å². The number of aromatic amines is 1. The number of carboxylic acids is 1. The zero-order valence-electron chi connectivity index (χ0n) is 7.44. The molecule has 0 unspecified atom stereocenters. The summed E-state index contributed by atoms with van der Waals surface area (Å²) in [6.07, 6.45) is 3.67. The number of H-pyrrole nitrogens is 1. The SMILES string of the molecule is CSc1cnc2[nH]c(C(=O)O)cc2c1. The number of aromatic carboxylic acids is 1. The molecule has 0 saturated heterocycles. The molecule has 0 atom stereocenters. The number of pyridine rings is 1. The third-order valence-corrected chi connectivity index (χ3v) is 2.61. The van der Waals surface area contributed by atoms with Gasteiger partial charge in [-0.1, -0.05) is 0 Å². The van der Waals surface area contributed by atoms with Crippen molar-refractivity contribution in [2.75, 3.05) is 6.26 Å². The molecule has 2 aromatic rings. The Bertz CT molecular complexity index is 493. The van der Waals surface area contributed by atoms with E-state index in [0.29, 0.717) is 5.65 Å². The van der Waals surface area contributed by atoms with Crippen LogP contribution in [0, 0.1) is 0 Å². The van der Waals surface area contributed by atoms with Crippen LogP contribution >= 0.6 is 11.8 Å². The molecule has 0 bridgehead atoms. The molecule has 0 radical (unpaired) electrons. The van der Waals surface area contributed by atoms with Gasteiger partial charge in [-0.25, -0.2) is 9.78 Å². The number of hydrogen-bond acceptors (Lipinski definition) is 3. The monoisotopic (exact) mass is 208 g/mol. The third-order valence-electron chi connectivity index (χ3n) is 1.91. The first-order valence-corrected chi connectivity index (χ1v) is 5.19. The van der Waals surface area contributed by atoms with Crippen LogP contribution in [0.1, 0.15) is 10.5 Å². The number of hydrogen-bond donors (Lipinski definition) is 2. The molecule has 4 nitrogen and oxygen atoms in total. The summed E-state index contributed by atoms with van der Waals surface area (Å²) in [5.74, 6) is -0.964. The lowest BCUT2D eigenvalue weighted by Crippen LogP contribution is -1.94. The second kappa shape index (κ2) is 3.34. The van der Waals surface area contributed by atoms with E-state index in [1.54, 1.807) is 24.0 Å². The van der Waals surface area contributed by atoms with Gasteiger partial charge in [0.15, 0.2) is 0 Å². The lowest BCUT2D eigenvalue weighted by molar-refractivity contribution is 0.0691. The summed E-state index contributed by atoms with van der Waals surface area (Å²) >= 11 is 1.58. The molecular weight excluding hydrogens is 200 g/mol. The summed E-state index contributed by atoms with van der Waals surface area (Å²) in [5, 5.41) is 9.58. The topological polar surface area (TPSA) is 66.0 Å². The highest BCUT2D eigenvalue weighted by Crippen LogP contribution is 2.20. The lowest BCUT2D eigenvalue weighted by atomic mass is 10.3. The summed E-state index contributed by atoms with van der Waals surface area (Å²) in [5.41, 5.74) is 0.783. The van der Waals surface area contributed by atoms with Crippen molar-refractivity contribution in [3.05, 3.63) is 24.0 Å². The number of nitrogens with zero attached hydrogens (tertiary/aromatic N) is 1. The Morgan fingerprint density at radius 3 is 3.00 bits per heavy atom. The molecular formula is C9H8N2O2S. The minimum atomic E-state index is -0.964. The number of nitrogens with one attached hydrogen (secondary N) is 1. The second-order valence-corrected chi connectivity index (χ2v) is 3.68. The van der Waals surface area contributed by atoms with Gasteiger partial charge in [0.1, 0.15) is 11.3 Å². The van der Waals surface area contributed by atoms with Crippen molar-refractivity contribution in [2.45, 2.75) is 4.90 Å². The molecule has 0 spiro atoms. The first kappa shape index (κ1) is 9.08. The van der Waals surface area contributed by atoms with Crippen LogP contribution in [0.3, 0.4) is 0 Å². The van der Waals surface area contributed by atoms with Crippen LogP contribution in [-0.4, -0.2) is 27.3 Å². The van der Waals surface area contributed by atoms with Crippen molar-refractivity contribution in [3.63, 3.8) is 0 Å². The standard InChI is InChI=1S/C9H8N2O2S/c1-14-6-2-5-3-7(9(12)13)11-8(5)10-4-6/h2-4H,1H3,(H,10,11)(H,12,13). The zero-order chi connectivity index (χ0) is 10.1.